The molecule has 1 aliphatic carbocycles. The van der Waals surface area contributed by atoms with Crippen LogP contribution in [0.4, 0.5) is 5.00 Å². The van der Waals surface area contributed by atoms with Gasteiger partial charge in [-0.3, -0.25) is 4.79 Å². The monoisotopic (exact) mass is 414 g/mol. The zero-order valence-corrected chi connectivity index (χ0v) is 17.4. The largest absolute Gasteiger partial charge is 0.496 e. The Balaban J connectivity index is 1.69. The summed E-state index contributed by atoms with van der Waals surface area (Å²) in [4.78, 5) is 26.0. The number of hydrogen-bond donors (Lipinski definition) is 1. The third kappa shape index (κ3) is 4.35. The molecule has 3 rings (SSSR count). The van der Waals surface area contributed by atoms with Crippen LogP contribution in [0.1, 0.15) is 39.7 Å². The lowest BCUT2D eigenvalue weighted by Crippen LogP contribution is -2.21. The van der Waals surface area contributed by atoms with E-state index in [0.717, 1.165) is 29.7 Å². The lowest BCUT2D eigenvalue weighted by molar-refractivity contribution is -0.119. The summed E-state index contributed by atoms with van der Waals surface area (Å²) in [5.74, 6) is -0.0826. The van der Waals surface area contributed by atoms with E-state index in [1.165, 1.54) is 25.6 Å². The lowest BCUT2D eigenvalue weighted by Gasteiger charge is -2.17. The van der Waals surface area contributed by atoms with Crippen LogP contribution in [-0.2, 0) is 22.4 Å². The number of esters is 1. The molecule has 0 bridgehead atoms. The van der Waals surface area contributed by atoms with Gasteiger partial charge in [0.25, 0.3) is 5.91 Å². The van der Waals surface area contributed by atoms with Crippen LogP contribution in [0.5, 0.6) is 11.5 Å². The van der Waals surface area contributed by atoms with Gasteiger partial charge in [0.05, 0.1) is 19.8 Å². The molecule has 2 aromatic rings. The Labute approximate surface area is 173 Å². The number of ether oxygens (including phenoxy) is 3. The quantitative estimate of drug-likeness (QED) is 0.726. The number of rotatable bonds is 6. The number of nitrogens with zero attached hydrogens (tertiary/aromatic N) is 1. The maximum absolute atomic E-state index is 12.5. The zero-order valence-electron chi connectivity index (χ0n) is 16.5. The summed E-state index contributed by atoms with van der Waals surface area (Å²) >= 11 is 1.43. The van der Waals surface area contributed by atoms with E-state index in [2.05, 4.69) is 18.3 Å². The van der Waals surface area contributed by atoms with Crippen molar-refractivity contribution in [2.45, 2.75) is 26.2 Å². The van der Waals surface area contributed by atoms with Crippen LogP contribution in [-0.4, -0.2) is 32.7 Å². The van der Waals surface area contributed by atoms with Crippen LogP contribution in [0.25, 0.3) is 0 Å². The van der Waals surface area contributed by atoms with Gasteiger partial charge in [0.2, 0.25) is 0 Å². The summed E-state index contributed by atoms with van der Waals surface area (Å²) in [6.07, 6.45) is 2.78. The van der Waals surface area contributed by atoms with Crippen molar-refractivity contribution in [3.05, 3.63) is 39.8 Å². The molecule has 1 aliphatic rings. The van der Waals surface area contributed by atoms with Crippen molar-refractivity contribution in [1.82, 2.24) is 0 Å². The summed E-state index contributed by atoms with van der Waals surface area (Å²) in [5, 5.41) is 12.7. The second-order valence-corrected chi connectivity index (χ2v) is 7.93. The maximum Gasteiger partial charge on any atom is 0.346 e. The molecule has 0 aliphatic heterocycles. The molecule has 8 heteroatoms. The molecule has 1 atom stereocenters. The molecule has 1 aromatic carbocycles. The van der Waals surface area contributed by atoms with E-state index in [1.54, 1.807) is 18.2 Å². The van der Waals surface area contributed by atoms with Crippen molar-refractivity contribution in [3.8, 4) is 17.6 Å². The first kappa shape index (κ1) is 20.7. The van der Waals surface area contributed by atoms with E-state index in [-0.39, 0.29) is 5.56 Å². The third-order valence-electron chi connectivity index (χ3n) is 4.84. The standard InChI is InChI=1S/C21H22N2O5S/c1-12-7-8-13-14(10-22)20(29-17(13)9-12)23-18(24)11-28-21(25)19-15(26-2)5-4-6-16(19)27-3/h4-6,12H,7-9,11H2,1-3H3,(H,23,24)/t12-/m0/s1. The second kappa shape index (κ2) is 8.97. The number of hydrogen-bond acceptors (Lipinski definition) is 7. The Kier molecular flexibility index (Phi) is 6.39. The predicted molar refractivity (Wildman–Crippen MR) is 109 cm³/mol. The first-order chi connectivity index (χ1) is 14.0. The Morgan fingerprint density at radius 3 is 2.59 bits per heavy atom. The molecule has 0 unspecified atom stereocenters. The van der Waals surface area contributed by atoms with E-state index in [1.807, 2.05) is 0 Å². The van der Waals surface area contributed by atoms with E-state index in [0.29, 0.717) is 28.0 Å². The van der Waals surface area contributed by atoms with Crippen LogP contribution in [0.2, 0.25) is 0 Å². The molecule has 1 heterocycles. The van der Waals surface area contributed by atoms with Gasteiger partial charge in [-0.05, 0) is 42.9 Å². The van der Waals surface area contributed by atoms with Gasteiger partial charge in [-0.25, -0.2) is 4.79 Å². The highest BCUT2D eigenvalue weighted by Gasteiger charge is 2.25. The molecule has 0 spiro atoms. The Morgan fingerprint density at radius 2 is 1.97 bits per heavy atom. The van der Waals surface area contributed by atoms with Gasteiger partial charge in [0, 0.05) is 4.88 Å². The van der Waals surface area contributed by atoms with E-state index < -0.39 is 18.5 Å². The zero-order chi connectivity index (χ0) is 21.0. The van der Waals surface area contributed by atoms with Crippen molar-refractivity contribution in [2.24, 2.45) is 5.92 Å². The number of amides is 1. The number of nitrogens with one attached hydrogen (secondary N) is 1. The Bertz CT molecular complexity index is 954. The lowest BCUT2D eigenvalue weighted by atomic mass is 9.89. The van der Waals surface area contributed by atoms with Gasteiger partial charge < -0.3 is 19.5 Å². The highest BCUT2D eigenvalue weighted by Crippen LogP contribution is 2.39. The molecule has 7 nitrogen and oxygen atoms in total. The van der Waals surface area contributed by atoms with Crippen LogP contribution in [0.15, 0.2) is 18.2 Å². The van der Waals surface area contributed by atoms with Crippen LogP contribution in [0.3, 0.4) is 0 Å². The predicted octanol–water partition coefficient (Wildman–Crippen LogP) is 3.56. The average molecular weight is 414 g/mol. The van der Waals surface area contributed by atoms with Crippen molar-refractivity contribution < 1.29 is 23.8 Å². The minimum atomic E-state index is -0.728. The van der Waals surface area contributed by atoms with Gasteiger partial charge in [-0.1, -0.05) is 13.0 Å². The van der Waals surface area contributed by atoms with E-state index >= 15 is 0 Å². The number of anilines is 1. The average Bonchev–Trinajstić information content (AvgIpc) is 3.06. The van der Waals surface area contributed by atoms with Crippen molar-refractivity contribution >= 4 is 28.2 Å². The number of fused-ring (bicyclic) bond motifs is 1. The van der Waals surface area contributed by atoms with Crippen molar-refractivity contribution in [1.29, 1.82) is 5.26 Å². The molecule has 29 heavy (non-hydrogen) atoms. The number of methoxy groups -OCH3 is 2. The molecule has 0 radical (unpaired) electrons. The SMILES string of the molecule is COc1cccc(OC)c1C(=O)OCC(=O)Nc1sc2c(c1C#N)CC[C@H](C)C2. The summed E-state index contributed by atoms with van der Waals surface area (Å²) in [6.45, 7) is 1.70. The highest BCUT2D eigenvalue weighted by molar-refractivity contribution is 7.16. The fraction of sp³-hybridized carbons (Fsp3) is 0.381. The molecule has 0 saturated carbocycles. The number of nitriles is 1. The smallest absolute Gasteiger partial charge is 0.346 e. The van der Waals surface area contributed by atoms with Gasteiger partial charge in [-0.15, -0.1) is 11.3 Å². The maximum atomic E-state index is 12.5. The second-order valence-electron chi connectivity index (χ2n) is 6.83. The first-order valence-corrected chi connectivity index (χ1v) is 10.0. The minimum absolute atomic E-state index is 0.114. The van der Waals surface area contributed by atoms with Gasteiger partial charge in [-0.2, -0.15) is 5.26 Å². The van der Waals surface area contributed by atoms with Crippen molar-refractivity contribution in [2.75, 3.05) is 26.1 Å². The summed E-state index contributed by atoms with van der Waals surface area (Å²) in [7, 11) is 2.86. The molecule has 1 N–H and O–H groups in total. The first-order valence-electron chi connectivity index (χ1n) is 9.21. The summed E-state index contributed by atoms with van der Waals surface area (Å²) < 4.78 is 15.5. The fourth-order valence-electron chi connectivity index (χ4n) is 3.38. The Morgan fingerprint density at radius 1 is 1.28 bits per heavy atom. The van der Waals surface area contributed by atoms with Crippen LogP contribution in [0, 0.1) is 17.2 Å². The van der Waals surface area contributed by atoms with Gasteiger partial charge in [0.15, 0.2) is 6.61 Å². The third-order valence-corrected chi connectivity index (χ3v) is 6.01. The number of benzene rings is 1. The number of carbonyl (C=O) groups excluding carboxylic acids is 2. The normalized spacial score (nSPS) is 15.0. The highest BCUT2D eigenvalue weighted by atomic mass is 32.1. The van der Waals surface area contributed by atoms with Crippen molar-refractivity contribution in [3.63, 3.8) is 0 Å². The van der Waals surface area contributed by atoms with E-state index in [9.17, 15) is 14.9 Å². The number of thiophene rings is 1. The molecular formula is C21H22N2O5S. The molecular weight excluding hydrogens is 392 g/mol. The van der Waals surface area contributed by atoms with E-state index in [4.69, 9.17) is 14.2 Å². The molecule has 152 valence electrons. The summed E-state index contributed by atoms with van der Waals surface area (Å²) in [6, 6.07) is 7.10. The Hall–Kier alpha value is -3.05. The molecule has 1 amide bonds. The fourth-order valence-corrected chi connectivity index (χ4v) is 4.75. The summed E-state index contributed by atoms with van der Waals surface area (Å²) in [5.41, 5.74) is 1.66. The topological polar surface area (TPSA) is 97.7 Å². The minimum Gasteiger partial charge on any atom is -0.496 e. The van der Waals surface area contributed by atoms with Gasteiger partial charge >= 0.3 is 5.97 Å². The molecule has 0 fully saturated rings. The van der Waals surface area contributed by atoms with Crippen LogP contribution >= 0.6 is 11.3 Å². The number of carbonyl (C=O) groups is 2. The molecule has 0 saturated heterocycles. The molecule has 1 aromatic heterocycles. The van der Waals surface area contributed by atoms with Crippen LogP contribution < -0.4 is 14.8 Å². The van der Waals surface area contributed by atoms with Gasteiger partial charge in [0.1, 0.15) is 28.1 Å².